The molecule has 0 atom stereocenters. The molecule has 0 aliphatic carbocycles. The Labute approximate surface area is 70.6 Å². The molecule has 0 spiro atoms. The van der Waals surface area contributed by atoms with Gasteiger partial charge in [0.2, 0.25) is 5.65 Å². The smallest absolute Gasteiger partial charge is 0.294 e. The molecule has 56 valence electrons. The van der Waals surface area contributed by atoms with Gasteiger partial charge in [0, 0.05) is 0 Å². The highest BCUT2D eigenvalue weighted by Gasteiger charge is 2.02. The van der Waals surface area contributed by atoms with Crippen LogP contribution in [0.1, 0.15) is 0 Å². The molecule has 2 aromatic heterocycles. The lowest BCUT2D eigenvalue weighted by molar-refractivity contribution is 0.626. The average molecular weight is 214 g/mol. The van der Waals surface area contributed by atoms with Crippen LogP contribution in [0.5, 0.6) is 0 Å². The first-order valence-electron chi connectivity index (χ1n) is 2.94. The quantitative estimate of drug-likeness (QED) is 0.676. The Hall–Kier alpha value is -1.10. The summed E-state index contributed by atoms with van der Waals surface area (Å²) in [7, 11) is 0. The molecule has 0 bridgehead atoms. The molecule has 0 fully saturated rings. The predicted molar refractivity (Wildman–Crippen MR) is 43.9 cm³/mol. The van der Waals surface area contributed by atoms with Crippen LogP contribution in [0.2, 0.25) is 0 Å². The van der Waals surface area contributed by atoms with Gasteiger partial charge >= 0.3 is 0 Å². The van der Waals surface area contributed by atoms with Crippen molar-refractivity contribution in [1.82, 2.24) is 9.97 Å². The normalized spacial score (nSPS) is 10.6. The molecule has 0 unspecified atom stereocenters. The van der Waals surface area contributed by atoms with E-state index in [0.29, 0.717) is 11.2 Å². The highest BCUT2D eigenvalue weighted by atomic mass is 79.9. The number of halogens is 1. The molecule has 0 aliphatic rings. The van der Waals surface area contributed by atoms with Crippen LogP contribution in [0.4, 0.5) is 6.01 Å². The number of oxazole rings is 1. The summed E-state index contributed by atoms with van der Waals surface area (Å²) >= 11 is 3.21. The van der Waals surface area contributed by atoms with Gasteiger partial charge in [0.15, 0.2) is 5.58 Å². The minimum atomic E-state index is 0.144. The van der Waals surface area contributed by atoms with Gasteiger partial charge in [-0.3, -0.25) is 0 Å². The lowest BCUT2D eigenvalue weighted by atomic mass is 10.5. The zero-order valence-electron chi connectivity index (χ0n) is 5.41. The van der Waals surface area contributed by atoms with Gasteiger partial charge in [-0.05, 0) is 28.1 Å². The van der Waals surface area contributed by atoms with Crippen LogP contribution in [-0.2, 0) is 0 Å². The number of nitrogen functional groups attached to an aromatic ring is 1. The number of rotatable bonds is 0. The maximum Gasteiger partial charge on any atom is 0.294 e. The zero-order valence-corrected chi connectivity index (χ0v) is 7.00. The second-order valence-electron chi connectivity index (χ2n) is 2.01. The Morgan fingerprint density at radius 2 is 2.18 bits per heavy atom. The molecule has 2 heterocycles. The Balaban J connectivity index is 2.82. The Morgan fingerprint density at radius 1 is 1.36 bits per heavy atom. The molecule has 0 saturated carbocycles. The maximum absolute atomic E-state index is 5.31. The molecule has 2 N–H and O–H groups in total. The highest BCUT2D eigenvalue weighted by molar-refractivity contribution is 9.10. The number of nitrogens with zero attached hydrogens (tertiary/aromatic N) is 2. The van der Waals surface area contributed by atoms with Crippen LogP contribution in [0.3, 0.4) is 0 Å². The fraction of sp³-hybridized carbons (Fsp3) is 0. The van der Waals surface area contributed by atoms with Crippen LogP contribution in [0.25, 0.3) is 11.2 Å². The van der Waals surface area contributed by atoms with Gasteiger partial charge in [-0.15, -0.1) is 0 Å². The Kier molecular flexibility index (Phi) is 1.32. The van der Waals surface area contributed by atoms with Crippen LogP contribution in [0, 0.1) is 0 Å². The topological polar surface area (TPSA) is 64.9 Å². The van der Waals surface area contributed by atoms with Gasteiger partial charge in [-0.2, -0.15) is 4.98 Å². The van der Waals surface area contributed by atoms with Crippen molar-refractivity contribution in [3.63, 3.8) is 0 Å². The third kappa shape index (κ3) is 1.07. The number of hydrogen-bond acceptors (Lipinski definition) is 4. The minimum absolute atomic E-state index is 0.144. The van der Waals surface area contributed by atoms with Crippen molar-refractivity contribution in [2.24, 2.45) is 0 Å². The van der Waals surface area contributed by atoms with Gasteiger partial charge in [-0.1, -0.05) is 0 Å². The van der Waals surface area contributed by atoms with E-state index >= 15 is 0 Å². The van der Waals surface area contributed by atoms with Crippen molar-refractivity contribution in [2.75, 3.05) is 5.73 Å². The standard InChI is InChI=1S/C6H4BrN3O/c7-4-2-1-3-5(9-4)10-6(8)11-3/h1-2H,(H2,8,9,10). The first kappa shape index (κ1) is 6.60. The molecule has 0 saturated heterocycles. The second kappa shape index (κ2) is 2.20. The van der Waals surface area contributed by atoms with E-state index in [0.717, 1.165) is 4.60 Å². The first-order chi connectivity index (χ1) is 5.25. The van der Waals surface area contributed by atoms with E-state index in [1.807, 2.05) is 0 Å². The van der Waals surface area contributed by atoms with Gasteiger partial charge in [0.25, 0.3) is 6.01 Å². The van der Waals surface area contributed by atoms with Crippen LogP contribution >= 0.6 is 15.9 Å². The molecular formula is C6H4BrN3O. The number of nitrogens with two attached hydrogens (primary N) is 1. The van der Waals surface area contributed by atoms with E-state index in [-0.39, 0.29) is 6.01 Å². The fourth-order valence-corrected chi connectivity index (χ4v) is 1.11. The summed E-state index contributed by atoms with van der Waals surface area (Å²) in [4.78, 5) is 7.87. The van der Waals surface area contributed by atoms with Crippen LogP contribution in [0.15, 0.2) is 21.2 Å². The maximum atomic E-state index is 5.31. The zero-order chi connectivity index (χ0) is 7.84. The molecule has 4 nitrogen and oxygen atoms in total. The predicted octanol–water partition coefficient (Wildman–Crippen LogP) is 1.57. The van der Waals surface area contributed by atoms with Gasteiger partial charge in [-0.25, -0.2) is 4.98 Å². The van der Waals surface area contributed by atoms with Crippen LogP contribution < -0.4 is 5.73 Å². The molecule has 0 aromatic carbocycles. The lowest BCUT2D eigenvalue weighted by Crippen LogP contribution is -1.81. The van der Waals surface area contributed by atoms with E-state index in [9.17, 15) is 0 Å². The number of hydrogen-bond donors (Lipinski definition) is 1. The van der Waals surface area contributed by atoms with E-state index < -0.39 is 0 Å². The lowest BCUT2D eigenvalue weighted by Gasteiger charge is -1.85. The second-order valence-corrected chi connectivity index (χ2v) is 2.82. The van der Waals surface area contributed by atoms with Gasteiger partial charge < -0.3 is 10.2 Å². The van der Waals surface area contributed by atoms with Crippen molar-refractivity contribution >= 4 is 33.2 Å². The molecule has 2 rings (SSSR count). The van der Waals surface area contributed by atoms with Crippen molar-refractivity contribution in [3.05, 3.63) is 16.7 Å². The molecule has 0 amide bonds. The number of anilines is 1. The number of fused-ring (bicyclic) bond motifs is 1. The van der Waals surface area contributed by atoms with Crippen molar-refractivity contribution in [1.29, 1.82) is 0 Å². The Bertz CT molecular complexity index is 398. The summed E-state index contributed by atoms with van der Waals surface area (Å²) in [6, 6.07) is 3.67. The van der Waals surface area contributed by atoms with Crippen molar-refractivity contribution < 1.29 is 4.42 Å². The van der Waals surface area contributed by atoms with Gasteiger partial charge in [0.05, 0.1) is 0 Å². The third-order valence-electron chi connectivity index (χ3n) is 1.24. The molecule has 2 aromatic rings. The van der Waals surface area contributed by atoms with E-state index in [4.69, 9.17) is 10.2 Å². The fourth-order valence-electron chi connectivity index (χ4n) is 0.812. The summed E-state index contributed by atoms with van der Waals surface area (Å²) in [6.45, 7) is 0. The van der Waals surface area contributed by atoms with Crippen LogP contribution in [-0.4, -0.2) is 9.97 Å². The summed E-state index contributed by atoms with van der Waals surface area (Å²) in [5.41, 5.74) is 6.43. The van der Waals surface area contributed by atoms with E-state index in [1.54, 1.807) is 12.1 Å². The first-order valence-corrected chi connectivity index (χ1v) is 3.73. The summed E-state index contributed by atoms with van der Waals surface area (Å²) in [6.07, 6.45) is 0. The molecule has 5 heteroatoms. The third-order valence-corrected chi connectivity index (χ3v) is 1.68. The van der Waals surface area contributed by atoms with E-state index in [1.165, 1.54) is 0 Å². The van der Waals surface area contributed by atoms with Gasteiger partial charge in [0.1, 0.15) is 4.60 Å². The molecule has 0 radical (unpaired) electrons. The molecule has 0 aliphatic heterocycles. The summed E-state index contributed by atoms with van der Waals surface area (Å²) in [5, 5.41) is 0. The van der Waals surface area contributed by atoms with E-state index in [2.05, 4.69) is 25.9 Å². The Morgan fingerprint density at radius 3 is 3.00 bits per heavy atom. The average Bonchev–Trinajstić information content (AvgIpc) is 2.27. The minimum Gasteiger partial charge on any atom is -0.422 e. The number of pyridine rings is 1. The molecule has 11 heavy (non-hydrogen) atoms. The highest BCUT2D eigenvalue weighted by Crippen LogP contribution is 2.16. The number of aromatic nitrogens is 2. The van der Waals surface area contributed by atoms with Crippen molar-refractivity contribution in [3.8, 4) is 0 Å². The monoisotopic (exact) mass is 213 g/mol. The largest absolute Gasteiger partial charge is 0.422 e. The SMILES string of the molecule is Nc1nc2nc(Br)ccc2o1. The summed E-state index contributed by atoms with van der Waals surface area (Å²) < 4.78 is 5.73. The van der Waals surface area contributed by atoms with Crippen molar-refractivity contribution in [2.45, 2.75) is 0 Å². The summed E-state index contributed by atoms with van der Waals surface area (Å²) in [5.74, 6) is 0. The molecular weight excluding hydrogens is 210 g/mol.